The van der Waals surface area contributed by atoms with E-state index in [1.807, 2.05) is 18.2 Å². The number of hydrogen-bond acceptors (Lipinski definition) is 4. The van der Waals surface area contributed by atoms with Gasteiger partial charge in [0, 0.05) is 18.4 Å². The summed E-state index contributed by atoms with van der Waals surface area (Å²) < 4.78 is 0. The molecule has 0 unspecified atom stereocenters. The molecule has 29 heavy (non-hydrogen) atoms. The number of H-pyrrole nitrogens is 2. The number of aromatic nitrogens is 4. The van der Waals surface area contributed by atoms with Gasteiger partial charge in [0.15, 0.2) is 5.82 Å². The molecule has 0 radical (unpaired) electrons. The number of aryl methyl sites for hydroxylation is 2. The number of rotatable bonds is 6. The number of hydrogen-bond donors (Lipinski definition) is 4. The van der Waals surface area contributed by atoms with Gasteiger partial charge in [0.1, 0.15) is 5.56 Å². The van der Waals surface area contributed by atoms with Crippen LogP contribution < -0.4 is 11.1 Å². The highest BCUT2D eigenvalue weighted by atomic mass is 16.1. The summed E-state index contributed by atoms with van der Waals surface area (Å²) in [6.07, 6.45) is 2.30. The van der Waals surface area contributed by atoms with E-state index in [-0.39, 0.29) is 0 Å². The smallest absolute Gasteiger partial charge is 0.254 e. The van der Waals surface area contributed by atoms with Crippen LogP contribution in [0.3, 0.4) is 0 Å². The maximum Gasteiger partial charge on any atom is 0.254 e. The summed E-state index contributed by atoms with van der Waals surface area (Å²) in [5, 5.41) is 18.5. The third-order valence-electron chi connectivity index (χ3n) is 5.42. The van der Waals surface area contributed by atoms with Crippen molar-refractivity contribution in [1.29, 1.82) is 0 Å². The van der Waals surface area contributed by atoms with Crippen LogP contribution in [0.5, 0.6) is 0 Å². The number of aromatic amines is 2. The Labute approximate surface area is 168 Å². The maximum absolute atomic E-state index is 12.1. The lowest BCUT2D eigenvalue weighted by molar-refractivity contribution is 0.100. The first-order valence-corrected chi connectivity index (χ1v) is 9.52. The zero-order valence-corrected chi connectivity index (χ0v) is 16.8. The topological polar surface area (TPSA) is 112 Å². The summed E-state index contributed by atoms with van der Waals surface area (Å²) in [5.74, 6) is -0.0234. The largest absolute Gasteiger partial charge is 0.365 e. The van der Waals surface area contributed by atoms with Crippen LogP contribution in [0.4, 0.5) is 5.82 Å². The van der Waals surface area contributed by atoms with Crippen LogP contribution in [0.2, 0.25) is 0 Å². The monoisotopic (exact) mass is 388 g/mol. The number of primary amides is 1. The van der Waals surface area contributed by atoms with Gasteiger partial charge in [-0.05, 0) is 60.7 Å². The Balaban J connectivity index is 1.57. The second kappa shape index (κ2) is 7.43. The molecule has 2 aromatic carbocycles. The lowest BCUT2D eigenvalue weighted by atomic mass is 10.0. The van der Waals surface area contributed by atoms with Crippen LogP contribution >= 0.6 is 0 Å². The zero-order valence-electron chi connectivity index (χ0n) is 16.8. The van der Waals surface area contributed by atoms with Crippen molar-refractivity contribution in [3.05, 3.63) is 75.6 Å². The molecule has 2 aromatic heterocycles. The summed E-state index contributed by atoms with van der Waals surface area (Å²) in [6, 6.07) is 10.3. The van der Waals surface area contributed by atoms with Crippen LogP contribution in [0.1, 0.15) is 43.9 Å². The van der Waals surface area contributed by atoms with Crippen LogP contribution in [0.25, 0.3) is 10.9 Å². The van der Waals surface area contributed by atoms with E-state index in [1.54, 1.807) is 6.20 Å². The van der Waals surface area contributed by atoms with Gasteiger partial charge in [-0.3, -0.25) is 15.0 Å². The maximum atomic E-state index is 12.1. The van der Waals surface area contributed by atoms with Crippen molar-refractivity contribution in [2.24, 2.45) is 5.73 Å². The lowest BCUT2D eigenvalue weighted by Gasteiger charge is -2.10. The number of carbonyl (C=O) groups excluding carboxylic acids is 1. The molecular weight excluding hydrogens is 364 g/mol. The van der Waals surface area contributed by atoms with E-state index in [0.717, 1.165) is 22.0 Å². The Bertz CT molecular complexity index is 1180. The number of nitrogens with one attached hydrogen (secondary N) is 3. The van der Waals surface area contributed by atoms with Crippen LogP contribution in [-0.4, -0.2) is 26.3 Å². The minimum absolute atomic E-state index is 0.401. The summed E-state index contributed by atoms with van der Waals surface area (Å²) in [7, 11) is 0. The van der Waals surface area contributed by atoms with Crippen molar-refractivity contribution in [1.82, 2.24) is 20.4 Å². The van der Waals surface area contributed by atoms with Crippen molar-refractivity contribution in [3.8, 4) is 0 Å². The van der Waals surface area contributed by atoms with Gasteiger partial charge in [0.25, 0.3) is 5.91 Å². The molecular formula is C22H24N6O. The van der Waals surface area contributed by atoms with Crippen molar-refractivity contribution >= 4 is 22.6 Å². The zero-order chi connectivity index (χ0) is 20.5. The second-order valence-electron chi connectivity index (χ2n) is 7.47. The normalized spacial score (nSPS) is 11.1. The van der Waals surface area contributed by atoms with E-state index >= 15 is 0 Å². The molecule has 0 aliphatic heterocycles. The molecule has 148 valence electrons. The first-order chi connectivity index (χ1) is 13.9. The highest BCUT2D eigenvalue weighted by molar-refractivity contribution is 5.99. The number of benzene rings is 2. The molecule has 0 saturated carbocycles. The van der Waals surface area contributed by atoms with Gasteiger partial charge < -0.3 is 11.1 Å². The Hall–Kier alpha value is -3.61. The Morgan fingerprint density at radius 3 is 2.55 bits per heavy atom. The van der Waals surface area contributed by atoms with Gasteiger partial charge in [-0.25, -0.2) is 0 Å². The molecule has 5 N–H and O–H groups in total. The lowest BCUT2D eigenvalue weighted by Crippen LogP contribution is -2.15. The van der Waals surface area contributed by atoms with Crippen molar-refractivity contribution in [2.45, 2.75) is 33.7 Å². The molecule has 0 atom stereocenters. The SMILES string of the molecule is Cc1cc(CNc2n[nH]c(Cc3ccc4[nH]ncc4c3)c2C(N)=O)cc(C)c1C. The van der Waals surface area contributed by atoms with E-state index in [0.29, 0.717) is 30.0 Å². The third-order valence-corrected chi connectivity index (χ3v) is 5.42. The van der Waals surface area contributed by atoms with Crippen LogP contribution in [-0.2, 0) is 13.0 Å². The summed E-state index contributed by atoms with van der Waals surface area (Å²) >= 11 is 0. The van der Waals surface area contributed by atoms with Crippen molar-refractivity contribution < 1.29 is 4.79 Å². The Kier molecular flexibility index (Phi) is 4.80. The molecule has 7 nitrogen and oxygen atoms in total. The molecule has 2 heterocycles. The fraction of sp³-hybridized carbons (Fsp3) is 0.227. The number of nitrogens with two attached hydrogens (primary N) is 1. The van der Waals surface area contributed by atoms with Gasteiger partial charge in [0.2, 0.25) is 0 Å². The Morgan fingerprint density at radius 2 is 1.83 bits per heavy atom. The second-order valence-corrected chi connectivity index (χ2v) is 7.47. The minimum Gasteiger partial charge on any atom is -0.365 e. The summed E-state index contributed by atoms with van der Waals surface area (Å²) in [5.41, 5.74) is 13.7. The van der Waals surface area contributed by atoms with Gasteiger partial charge in [-0.2, -0.15) is 10.2 Å². The molecule has 4 rings (SSSR count). The molecule has 0 spiro atoms. The molecule has 7 heteroatoms. The predicted molar refractivity (Wildman–Crippen MR) is 114 cm³/mol. The van der Waals surface area contributed by atoms with Gasteiger partial charge in [-0.15, -0.1) is 0 Å². The number of amides is 1. The average molecular weight is 388 g/mol. The fourth-order valence-electron chi connectivity index (χ4n) is 3.62. The molecule has 0 fully saturated rings. The summed E-state index contributed by atoms with van der Waals surface area (Å²) in [6.45, 7) is 6.88. The van der Waals surface area contributed by atoms with Gasteiger partial charge in [-0.1, -0.05) is 18.2 Å². The highest BCUT2D eigenvalue weighted by Crippen LogP contribution is 2.22. The fourth-order valence-corrected chi connectivity index (χ4v) is 3.62. The molecule has 4 aromatic rings. The number of carbonyl (C=O) groups is 1. The molecule has 1 amide bonds. The van der Waals surface area contributed by atoms with Crippen LogP contribution in [0.15, 0.2) is 36.5 Å². The van der Waals surface area contributed by atoms with Crippen molar-refractivity contribution in [2.75, 3.05) is 5.32 Å². The van der Waals surface area contributed by atoms with E-state index in [2.05, 4.69) is 58.6 Å². The van der Waals surface area contributed by atoms with E-state index < -0.39 is 5.91 Å². The number of nitrogens with zero attached hydrogens (tertiary/aromatic N) is 2. The standard InChI is InChI=1S/C22H24N6O/c1-12-6-16(7-13(2)14(12)3)10-24-22-20(21(23)29)19(27-28-22)9-15-4-5-18-17(8-15)11-25-26-18/h4-8,11H,9-10H2,1-3H3,(H2,23,29)(H,25,26)(H2,24,27,28). The molecule has 0 aliphatic carbocycles. The average Bonchev–Trinajstić information content (AvgIpc) is 3.30. The quantitative estimate of drug-likeness (QED) is 0.405. The first kappa shape index (κ1) is 18.7. The summed E-state index contributed by atoms with van der Waals surface area (Å²) in [4.78, 5) is 12.1. The van der Waals surface area contributed by atoms with E-state index in [4.69, 9.17) is 5.73 Å². The first-order valence-electron chi connectivity index (χ1n) is 9.52. The van der Waals surface area contributed by atoms with Crippen LogP contribution in [0, 0.1) is 20.8 Å². The molecule has 0 bridgehead atoms. The molecule has 0 saturated heterocycles. The van der Waals surface area contributed by atoms with E-state index in [9.17, 15) is 4.79 Å². The molecule has 0 aliphatic rings. The Morgan fingerprint density at radius 1 is 1.07 bits per heavy atom. The number of anilines is 1. The van der Waals surface area contributed by atoms with Gasteiger partial charge >= 0.3 is 0 Å². The predicted octanol–water partition coefficient (Wildman–Crippen LogP) is 3.51. The van der Waals surface area contributed by atoms with Gasteiger partial charge in [0.05, 0.1) is 17.4 Å². The highest BCUT2D eigenvalue weighted by Gasteiger charge is 2.18. The van der Waals surface area contributed by atoms with Crippen molar-refractivity contribution in [3.63, 3.8) is 0 Å². The third kappa shape index (κ3) is 3.71. The minimum atomic E-state index is -0.503. The van der Waals surface area contributed by atoms with E-state index in [1.165, 1.54) is 16.7 Å². The number of fused-ring (bicyclic) bond motifs is 1.